The zero-order valence-corrected chi connectivity index (χ0v) is 9.74. The second-order valence-electron chi connectivity index (χ2n) is 3.21. The van der Waals surface area contributed by atoms with E-state index in [0.29, 0.717) is 5.75 Å². The molecule has 5 nitrogen and oxygen atoms in total. The number of esters is 1. The molecule has 0 atom stereocenters. The standard InChI is InChI=1S/C11H9ClO5/c1-2-15-11(14)9(13)8-6(12)3-4-7-10(8)17-5-16-7/h3-4H,2,5H2,1H3. The van der Waals surface area contributed by atoms with Gasteiger partial charge in [0.2, 0.25) is 6.79 Å². The first kappa shape index (κ1) is 11.7. The van der Waals surface area contributed by atoms with Gasteiger partial charge in [-0.2, -0.15) is 0 Å². The topological polar surface area (TPSA) is 61.8 Å². The maximum Gasteiger partial charge on any atom is 0.379 e. The van der Waals surface area contributed by atoms with Crippen molar-refractivity contribution in [3.8, 4) is 11.5 Å². The summed E-state index contributed by atoms with van der Waals surface area (Å²) in [5, 5.41) is 0.132. The van der Waals surface area contributed by atoms with Gasteiger partial charge in [0, 0.05) is 0 Å². The fourth-order valence-corrected chi connectivity index (χ4v) is 1.69. The van der Waals surface area contributed by atoms with Crippen LogP contribution in [0.2, 0.25) is 5.02 Å². The summed E-state index contributed by atoms with van der Waals surface area (Å²) in [5.41, 5.74) is -0.0138. The van der Waals surface area contributed by atoms with Gasteiger partial charge in [-0.1, -0.05) is 11.6 Å². The Balaban J connectivity index is 2.41. The molecule has 1 aromatic rings. The summed E-state index contributed by atoms with van der Waals surface area (Å²) in [6.07, 6.45) is 0. The zero-order chi connectivity index (χ0) is 12.4. The zero-order valence-electron chi connectivity index (χ0n) is 8.99. The van der Waals surface area contributed by atoms with Crippen molar-refractivity contribution < 1.29 is 23.8 Å². The van der Waals surface area contributed by atoms with Gasteiger partial charge in [-0.3, -0.25) is 4.79 Å². The summed E-state index contributed by atoms with van der Waals surface area (Å²) in [5.74, 6) is -1.21. The predicted molar refractivity (Wildman–Crippen MR) is 58.5 cm³/mol. The van der Waals surface area contributed by atoms with Crippen LogP contribution in [0.4, 0.5) is 0 Å². The van der Waals surface area contributed by atoms with Gasteiger partial charge < -0.3 is 14.2 Å². The lowest BCUT2D eigenvalue weighted by atomic mass is 10.1. The number of hydrogen-bond acceptors (Lipinski definition) is 5. The third kappa shape index (κ3) is 2.06. The lowest BCUT2D eigenvalue weighted by Gasteiger charge is -2.06. The van der Waals surface area contributed by atoms with Crippen LogP contribution in [0.3, 0.4) is 0 Å². The van der Waals surface area contributed by atoms with Crippen LogP contribution in [0.25, 0.3) is 0 Å². The number of carbonyl (C=O) groups excluding carboxylic acids is 2. The van der Waals surface area contributed by atoms with Gasteiger partial charge in [0.05, 0.1) is 17.2 Å². The van der Waals surface area contributed by atoms with Crippen molar-refractivity contribution in [1.29, 1.82) is 0 Å². The number of hydrogen-bond donors (Lipinski definition) is 0. The Bertz CT molecular complexity index is 483. The molecule has 1 aliphatic rings. The van der Waals surface area contributed by atoms with E-state index < -0.39 is 11.8 Å². The molecule has 0 aliphatic carbocycles. The third-order valence-electron chi connectivity index (χ3n) is 2.18. The normalized spacial score (nSPS) is 12.4. The van der Waals surface area contributed by atoms with Crippen LogP contribution in [-0.4, -0.2) is 25.2 Å². The number of rotatable bonds is 3. The van der Waals surface area contributed by atoms with Crippen LogP contribution < -0.4 is 9.47 Å². The molecule has 0 N–H and O–H groups in total. The van der Waals surface area contributed by atoms with Crippen molar-refractivity contribution >= 4 is 23.4 Å². The maximum absolute atomic E-state index is 11.8. The fourth-order valence-electron chi connectivity index (χ4n) is 1.46. The van der Waals surface area contributed by atoms with E-state index in [1.165, 1.54) is 6.07 Å². The molecule has 0 spiro atoms. The first-order valence-corrected chi connectivity index (χ1v) is 5.32. The van der Waals surface area contributed by atoms with Crippen molar-refractivity contribution in [3.63, 3.8) is 0 Å². The van der Waals surface area contributed by atoms with Gasteiger partial charge in [0.25, 0.3) is 5.78 Å². The van der Waals surface area contributed by atoms with E-state index >= 15 is 0 Å². The minimum Gasteiger partial charge on any atom is -0.460 e. The summed E-state index contributed by atoms with van der Waals surface area (Å²) >= 11 is 5.88. The molecule has 6 heteroatoms. The van der Waals surface area contributed by atoms with Crippen molar-refractivity contribution in [2.75, 3.05) is 13.4 Å². The van der Waals surface area contributed by atoms with E-state index in [1.54, 1.807) is 13.0 Å². The number of halogens is 1. The molecule has 17 heavy (non-hydrogen) atoms. The molecule has 0 amide bonds. The third-order valence-corrected chi connectivity index (χ3v) is 2.49. The van der Waals surface area contributed by atoms with Crippen LogP contribution in [0, 0.1) is 0 Å². The second kappa shape index (κ2) is 4.63. The monoisotopic (exact) mass is 256 g/mol. The van der Waals surface area contributed by atoms with E-state index in [4.69, 9.17) is 21.1 Å². The molecule has 0 saturated heterocycles. The second-order valence-corrected chi connectivity index (χ2v) is 3.61. The Hall–Kier alpha value is -1.75. The number of carbonyl (C=O) groups is 2. The van der Waals surface area contributed by atoms with Crippen molar-refractivity contribution in [1.82, 2.24) is 0 Å². The van der Waals surface area contributed by atoms with Gasteiger partial charge >= 0.3 is 5.97 Å². The van der Waals surface area contributed by atoms with Gasteiger partial charge in [0.1, 0.15) is 0 Å². The fraction of sp³-hybridized carbons (Fsp3) is 0.273. The van der Waals surface area contributed by atoms with Crippen molar-refractivity contribution in [2.24, 2.45) is 0 Å². The Morgan fingerprint density at radius 2 is 2.18 bits per heavy atom. The number of fused-ring (bicyclic) bond motifs is 1. The Labute approximate surface area is 102 Å². The summed E-state index contributed by atoms with van der Waals surface area (Å²) in [6, 6.07) is 3.05. The highest BCUT2D eigenvalue weighted by atomic mass is 35.5. The molecular weight excluding hydrogens is 248 g/mol. The molecule has 1 aromatic carbocycles. The smallest absolute Gasteiger partial charge is 0.379 e. The van der Waals surface area contributed by atoms with E-state index in [0.717, 1.165) is 0 Å². The van der Waals surface area contributed by atoms with Crippen LogP contribution >= 0.6 is 11.6 Å². The molecule has 0 saturated carbocycles. The van der Waals surface area contributed by atoms with E-state index in [-0.39, 0.29) is 29.7 Å². The summed E-state index contributed by atoms with van der Waals surface area (Å²) in [6.45, 7) is 1.73. The van der Waals surface area contributed by atoms with Crippen LogP contribution in [0.1, 0.15) is 17.3 Å². The molecule has 2 rings (SSSR count). The molecule has 0 aromatic heterocycles. The van der Waals surface area contributed by atoms with E-state index in [9.17, 15) is 9.59 Å². The van der Waals surface area contributed by atoms with E-state index in [2.05, 4.69) is 4.74 Å². The van der Waals surface area contributed by atoms with Crippen LogP contribution in [0.15, 0.2) is 12.1 Å². The molecule has 90 valence electrons. The Kier molecular flexibility index (Phi) is 3.19. The first-order valence-electron chi connectivity index (χ1n) is 4.94. The van der Waals surface area contributed by atoms with Crippen LogP contribution in [0.5, 0.6) is 11.5 Å². The SMILES string of the molecule is CCOC(=O)C(=O)c1c(Cl)ccc2c1OCO2. The predicted octanol–water partition coefficient (Wildman–Crippen LogP) is 1.81. The van der Waals surface area contributed by atoms with Gasteiger partial charge in [-0.05, 0) is 19.1 Å². The lowest BCUT2D eigenvalue weighted by Crippen LogP contribution is -2.18. The van der Waals surface area contributed by atoms with Crippen LogP contribution in [-0.2, 0) is 9.53 Å². The maximum atomic E-state index is 11.8. The average molecular weight is 257 g/mol. The molecule has 0 bridgehead atoms. The minimum absolute atomic E-state index is 0.00121. The molecule has 1 heterocycles. The Morgan fingerprint density at radius 1 is 1.41 bits per heavy atom. The number of benzene rings is 1. The molecule has 0 unspecified atom stereocenters. The number of ether oxygens (including phenoxy) is 3. The number of Topliss-reactive ketones (excluding diaryl/α,β-unsaturated/α-hetero) is 1. The molecular formula is C11H9ClO5. The molecule has 0 fully saturated rings. The first-order chi connectivity index (χ1) is 8.15. The highest BCUT2D eigenvalue weighted by Crippen LogP contribution is 2.39. The Morgan fingerprint density at radius 3 is 2.88 bits per heavy atom. The lowest BCUT2D eigenvalue weighted by molar-refractivity contribution is -0.137. The quantitative estimate of drug-likeness (QED) is 0.469. The highest BCUT2D eigenvalue weighted by Gasteiger charge is 2.29. The molecule has 1 aliphatic heterocycles. The minimum atomic E-state index is -0.960. The summed E-state index contributed by atoms with van der Waals surface area (Å²) < 4.78 is 14.9. The van der Waals surface area contributed by atoms with Crippen molar-refractivity contribution in [2.45, 2.75) is 6.92 Å². The summed E-state index contributed by atoms with van der Waals surface area (Å²) in [4.78, 5) is 23.2. The number of ketones is 1. The van der Waals surface area contributed by atoms with Crippen molar-refractivity contribution in [3.05, 3.63) is 22.7 Å². The average Bonchev–Trinajstić information content (AvgIpc) is 2.76. The van der Waals surface area contributed by atoms with Gasteiger partial charge in [-0.15, -0.1) is 0 Å². The summed E-state index contributed by atoms with van der Waals surface area (Å²) in [7, 11) is 0. The largest absolute Gasteiger partial charge is 0.460 e. The molecule has 0 radical (unpaired) electrons. The highest BCUT2D eigenvalue weighted by molar-refractivity contribution is 6.46. The van der Waals surface area contributed by atoms with Gasteiger partial charge in [-0.25, -0.2) is 4.79 Å². The van der Waals surface area contributed by atoms with Gasteiger partial charge in [0.15, 0.2) is 11.5 Å². The van der Waals surface area contributed by atoms with E-state index in [1.807, 2.05) is 0 Å².